The second kappa shape index (κ2) is 7.65. The van der Waals surface area contributed by atoms with Crippen LogP contribution in [0.5, 0.6) is 0 Å². The van der Waals surface area contributed by atoms with Crippen LogP contribution in [0.2, 0.25) is 0 Å². The van der Waals surface area contributed by atoms with Crippen molar-refractivity contribution in [3.63, 3.8) is 0 Å². The Morgan fingerprint density at radius 3 is 2.12 bits per heavy atom. The molecular weight excluding hydrogens is 294 g/mol. The molecule has 0 aliphatic rings. The van der Waals surface area contributed by atoms with Crippen molar-refractivity contribution in [1.29, 1.82) is 0 Å². The number of rotatable bonds is 5. The third-order valence-corrected chi connectivity index (χ3v) is 4.42. The quantitative estimate of drug-likeness (QED) is 0.814. The van der Waals surface area contributed by atoms with E-state index in [1.165, 1.54) is 16.7 Å². The highest BCUT2D eigenvalue weighted by Gasteiger charge is 2.13. The van der Waals surface area contributed by atoms with Gasteiger partial charge in [0.1, 0.15) is 0 Å². The summed E-state index contributed by atoms with van der Waals surface area (Å²) in [6.07, 6.45) is 1.29. The number of carbonyl (C=O) groups excluding carboxylic acids is 1. The molecular formula is C22H29NO. The first-order chi connectivity index (χ1) is 11.3. The smallest absolute Gasteiger partial charge is 0.220 e. The zero-order chi connectivity index (χ0) is 17.7. The molecule has 0 aliphatic carbocycles. The Morgan fingerprint density at radius 2 is 1.58 bits per heavy atom. The molecule has 1 atom stereocenters. The molecule has 2 aromatic rings. The van der Waals surface area contributed by atoms with Gasteiger partial charge in [-0.15, -0.1) is 0 Å². The van der Waals surface area contributed by atoms with Crippen LogP contribution in [-0.2, 0) is 16.6 Å². The van der Waals surface area contributed by atoms with E-state index in [1.807, 2.05) is 6.92 Å². The van der Waals surface area contributed by atoms with Crippen molar-refractivity contribution in [3.8, 4) is 0 Å². The van der Waals surface area contributed by atoms with E-state index >= 15 is 0 Å². The highest BCUT2D eigenvalue weighted by molar-refractivity contribution is 5.76. The topological polar surface area (TPSA) is 29.1 Å². The molecule has 0 aliphatic heterocycles. The Kier molecular flexibility index (Phi) is 5.82. The minimum Gasteiger partial charge on any atom is -0.350 e. The zero-order valence-corrected chi connectivity index (χ0v) is 15.5. The summed E-state index contributed by atoms with van der Waals surface area (Å²) in [6.45, 7) is 10.7. The van der Waals surface area contributed by atoms with E-state index in [0.717, 1.165) is 12.0 Å². The van der Waals surface area contributed by atoms with Crippen LogP contribution in [-0.4, -0.2) is 5.91 Å². The molecule has 128 valence electrons. The van der Waals surface area contributed by atoms with Crippen LogP contribution in [0.1, 0.15) is 62.4 Å². The van der Waals surface area contributed by atoms with Gasteiger partial charge in [0.2, 0.25) is 5.91 Å². The summed E-state index contributed by atoms with van der Waals surface area (Å²) in [5, 5.41) is 3.08. The van der Waals surface area contributed by atoms with Gasteiger partial charge in [0.25, 0.3) is 0 Å². The molecule has 0 aromatic heterocycles. The first-order valence-electron chi connectivity index (χ1n) is 8.71. The molecule has 0 fully saturated rings. The monoisotopic (exact) mass is 323 g/mol. The van der Waals surface area contributed by atoms with Crippen LogP contribution in [0.15, 0.2) is 48.5 Å². The van der Waals surface area contributed by atoms with Gasteiger partial charge in [-0.25, -0.2) is 0 Å². The van der Waals surface area contributed by atoms with E-state index in [9.17, 15) is 4.79 Å². The molecule has 1 N–H and O–H groups in total. The normalized spacial score (nSPS) is 12.7. The molecule has 0 saturated carbocycles. The van der Waals surface area contributed by atoms with E-state index in [-0.39, 0.29) is 17.4 Å². The Labute approximate surface area is 146 Å². The van der Waals surface area contributed by atoms with Crippen molar-refractivity contribution in [2.75, 3.05) is 0 Å². The lowest BCUT2D eigenvalue weighted by Gasteiger charge is -2.19. The molecule has 0 unspecified atom stereocenters. The van der Waals surface area contributed by atoms with Crippen LogP contribution < -0.4 is 5.32 Å². The Hall–Kier alpha value is -2.09. The lowest BCUT2D eigenvalue weighted by molar-refractivity contribution is -0.121. The van der Waals surface area contributed by atoms with Gasteiger partial charge in [-0.3, -0.25) is 4.79 Å². The molecule has 0 saturated heterocycles. The fourth-order valence-corrected chi connectivity index (χ4v) is 2.68. The summed E-state index contributed by atoms with van der Waals surface area (Å²) in [7, 11) is 0. The lowest BCUT2D eigenvalue weighted by atomic mass is 9.86. The predicted molar refractivity (Wildman–Crippen MR) is 101 cm³/mol. The summed E-state index contributed by atoms with van der Waals surface area (Å²) >= 11 is 0. The van der Waals surface area contributed by atoms with Crippen LogP contribution in [0.25, 0.3) is 0 Å². The molecule has 0 radical (unpaired) electrons. The summed E-state index contributed by atoms with van der Waals surface area (Å²) in [6, 6.07) is 17.0. The van der Waals surface area contributed by atoms with Gasteiger partial charge in [-0.2, -0.15) is 0 Å². The van der Waals surface area contributed by atoms with E-state index in [4.69, 9.17) is 0 Å². The molecule has 2 nitrogen and oxygen atoms in total. The van der Waals surface area contributed by atoms with Gasteiger partial charge < -0.3 is 5.32 Å². The van der Waals surface area contributed by atoms with Gasteiger partial charge in [-0.1, -0.05) is 74.9 Å². The van der Waals surface area contributed by atoms with Gasteiger partial charge in [0.05, 0.1) is 6.04 Å². The van der Waals surface area contributed by atoms with Crippen molar-refractivity contribution < 1.29 is 4.79 Å². The Morgan fingerprint density at radius 1 is 1.00 bits per heavy atom. The maximum absolute atomic E-state index is 12.2. The Balaban J connectivity index is 1.85. The fourth-order valence-electron chi connectivity index (χ4n) is 2.68. The molecule has 0 bridgehead atoms. The minimum absolute atomic E-state index is 0.0429. The number of amides is 1. The first-order valence-corrected chi connectivity index (χ1v) is 8.71. The van der Waals surface area contributed by atoms with Gasteiger partial charge in [0, 0.05) is 6.42 Å². The lowest BCUT2D eigenvalue weighted by Crippen LogP contribution is -2.26. The third-order valence-electron chi connectivity index (χ3n) is 4.42. The predicted octanol–water partition coefficient (Wildman–Crippen LogP) is 5.10. The molecule has 2 rings (SSSR count). The number of carbonyl (C=O) groups is 1. The Bertz CT molecular complexity index is 663. The highest BCUT2D eigenvalue weighted by Crippen LogP contribution is 2.22. The number of benzene rings is 2. The van der Waals surface area contributed by atoms with Gasteiger partial charge in [0.15, 0.2) is 0 Å². The van der Waals surface area contributed by atoms with Gasteiger partial charge >= 0.3 is 0 Å². The third kappa shape index (κ3) is 5.23. The molecule has 2 aromatic carbocycles. The standard InChI is InChI=1S/C22H29NO/c1-16-6-11-19(12-7-16)17(2)23-21(24)15-10-18-8-13-20(14-9-18)22(3,4)5/h6-9,11-14,17H,10,15H2,1-5H3,(H,23,24)/t17-/m1/s1. The number of aryl methyl sites for hydroxylation is 2. The zero-order valence-electron chi connectivity index (χ0n) is 15.5. The van der Waals surface area contributed by atoms with Crippen molar-refractivity contribution in [1.82, 2.24) is 5.32 Å². The molecule has 2 heteroatoms. The maximum Gasteiger partial charge on any atom is 0.220 e. The molecule has 24 heavy (non-hydrogen) atoms. The van der Waals surface area contributed by atoms with Gasteiger partial charge in [-0.05, 0) is 42.4 Å². The van der Waals surface area contributed by atoms with Crippen LogP contribution in [0, 0.1) is 6.92 Å². The second-order valence-corrected chi connectivity index (χ2v) is 7.65. The number of nitrogens with one attached hydrogen (secondary N) is 1. The summed E-state index contributed by atoms with van der Waals surface area (Å²) in [4.78, 5) is 12.2. The number of hydrogen-bond donors (Lipinski definition) is 1. The summed E-state index contributed by atoms with van der Waals surface area (Å²) in [5.74, 6) is 0.1000. The second-order valence-electron chi connectivity index (χ2n) is 7.65. The molecule has 0 heterocycles. The van der Waals surface area contributed by atoms with E-state index in [1.54, 1.807) is 0 Å². The largest absolute Gasteiger partial charge is 0.350 e. The maximum atomic E-state index is 12.2. The molecule has 1 amide bonds. The van der Waals surface area contributed by atoms with Crippen LogP contribution >= 0.6 is 0 Å². The van der Waals surface area contributed by atoms with Crippen molar-refractivity contribution in [2.24, 2.45) is 0 Å². The van der Waals surface area contributed by atoms with E-state index in [2.05, 4.69) is 81.5 Å². The van der Waals surface area contributed by atoms with Crippen molar-refractivity contribution in [3.05, 3.63) is 70.8 Å². The van der Waals surface area contributed by atoms with Crippen LogP contribution in [0.4, 0.5) is 0 Å². The average molecular weight is 323 g/mol. The SMILES string of the molecule is Cc1ccc([C@@H](C)NC(=O)CCc2ccc(C(C)(C)C)cc2)cc1. The summed E-state index contributed by atoms with van der Waals surface area (Å²) in [5.41, 5.74) is 5.07. The van der Waals surface area contributed by atoms with E-state index in [0.29, 0.717) is 6.42 Å². The highest BCUT2D eigenvalue weighted by atomic mass is 16.1. The number of hydrogen-bond acceptors (Lipinski definition) is 1. The molecule has 0 spiro atoms. The van der Waals surface area contributed by atoms with E-state index < -0.39 is 0 Å². The average Bonchev–Trinajstić information content (AvgIpc) is 2.53. The van der Waals surface area contributed by atoms with Crippen molar-refractivity contribution >= 4 is 5.91 Å². The van der Waals surface area contributed by atoms with Crippen molar-refractivity contribution in [2.45, 2.75) is 58.9 Å². The minimum atomic E-state index is 0.0429. The van der Waals surface area contributed by atoms with Crippen LogP contribution in [0.3, 0.4) is 0 Å². The first kappa shape index (κ1) is 18.3. The fraction of sp³-hybridized carbons (Fsp3) is 0.409. The summed E-state index contributed by atoms with van der Waals surface area (Å²) < 4.78 is 0.